The first-order valence-corrected chi connectivity index (χ1v) is 8.78. The Morgan fingerprint density at radius 2 is 2.08 bits per heavy atom. The van der Waals surface area contributed by atoms with Crippen molar-refractivity contribution < 1.29 is 9.72 Å². The molecular weight excluding hydrogens is 356 g/mol. The highest BCUT2D eigenvalue weighted by Gasteiger charge is 2.25. The number of pyridine rings is 1. The fourth-order valence-corrected chi connectivity index (χ4v) is 3.17. The van der Waals surface area contributed by atoms with Crippen LogP contribution in [0.5, 0.6) is 0 Å². The van der Waals surface area contributed by atoms with Crippen LogP contribution in [-0.2, 0) is 0 Å². The fraction of sp³-hybridized carbons (Fsp3) is 0.333. The summed E-state index contributed by atoms with van der Waals surface area (Å²) in [6, 6.07) is 7.82. The first kappa shape index (κ1) is 18.1. The molecule has 0 spiro atoms. The molecule has 1 fully saturated rings. The summed E-state index contributed by atoms with van der Waals surface area (Å²) in [5.74, 6) is 0.154. The molecule has 0 radical (unpaired) electrons. The summed E-state index contributed by atoms with van der Waals surface area (Å²) in [6.45, 7) is 3.74. The normalized spacial score (nSPS) is 14.9. The van der Waals surface area contributed by atoms with Gasteiger partial charge >= 0.3 is 0 Å². The number of benzene rings is 1. The van der Waals surface area contributed by atoms with E-state index in [0.29, 0.717) is 17.3 Å². The van der Waals surface area contributed by atoms with Crippen LogP contribution in [0.1, 0.15) is 30.1 Å². The van der Waals surface area contributed by atoms with Gasteiger partial charge in [-0.1, -0.05) is 18.5 Å². The minimum atomic E-state index is -0.471. The minimum Gasteiger partial charge on any atom is -0.366 e. The van der Waals surface area contributed by atoms with Gasteiger partial charge in [0.2, 0.25) is 0 Å². The maximum absolute atomic E-state index is 12.4. The summed E-state index contributed by atoms with van der Waals surface area (Å²) in [5.41, 5.74) is 1.05. The van der Waals surface area contributed by atoms with Crippen LogP contribution in [-0.4, -0.2) is 28.9 Å². The lowest BCUT2D eigenvalue weighted by molar-refractivity contribution is -0.384. The van der Waals surface area contributed by atoms with Crippen LogP contribution in [0, 0.1) is 16.0 Å². The molecule has 26 heavy (non-hydrogen) atoms. The van der Waals surface area contributed by atoms with Crippen molar-refractivity contribution in [3.63, 3.8) is 0 Å². The molecular formula is C18H19ClN4O3. The monoisotopic (exact) mass is 374 g/mol. The number of nitro benzene ring substituents is 1. The summed E-state index contributed by atoms with van der Waals surface area (Å²) in [7, 11) is 0. The lowest BCUT2D eigenvalue weighted by Gasteiger charge is -2.31. The van der Waals surface area contributed by atoms with E-state index in [2.05, 4.69) is 17.2 Å². The average Bonchev–Trinajstić information content (AvgIpc) is 2.63. The quantitative estimate of drug-likeness (QED) is 0.493. The lowest BCUT2D eigenvalue weighted by Crippen LogP contribution is -2.33. The largest absolute Gasteiger partial charge is 0.366 e. The Labute approximate surface area is 156 Å². The third-order valence-electron chi connectivity index (χ3n) is 4.57. The number of halogens is 1. The average molecular weight is 375 g/mol. The van der Waals surface area contributed by atoms with Crippen LogP contribution in [0.2, 0.25) is 5.15 Å². The van der Waals surface area contributed by atoms with Gasteiger partial charge in [-0.2, -0.15) is 0 Å². The molecule has 0 aliphatic carbocycles. The van der Waals surface area contributed by atoms with E-state index in [1.807, 2.05) is 4.90 Å². The predicted molar refractivity (Wildman–Crippen MR) is 101 cm³/mol. The molecule has 136 valence electrons. The van der Waals surface area contributed by atoms with E-state index in [1.165, 1.54) is 12.3 Å². The molecule has 3 rings (SSSR count). The van der Waals surface area contributed by atoms with Gasteiger partial charge in [-0.05, 0) is 43.0 Å². The standard InChI is InChI=1S/C18H19ClN4O3/c1-12-6-9-22(10-7-12)15-5-4-13(11-16(15)23(25)26)18(24)21-14-3-2-8-20-17(14)19/h2-5,8,11-12H,6-7,9-10H2,1H3,(H,21,24). The Kier molecular flexibility index (Phi) is 5.37. The molecule has 0 bridgehead atoms. The van der Waals surface area contributed by atoms with E-state index in [-0.39, 0.29) is 16.4 Å². The zero-order valence-electron chi connectivity index (χ0n) is 14.3. The van der Waals surface area contributed by atoms with E-state index in [1.54, 1.807) is 24.3 Å². The number of rotatable bonds is 4. The van der Waals surface area contributed by atoms with E-state index in [9.17, 15) is 14.9 Å². The second kappa shape index (κ2) is 7.70. The zero-order valence-corrected chi connectivity index (χ0v) is 15.1. The van der Waals surface area contributed by atoms with E-state index >= 15 is 0 Å². The van der Waals surface area contributed by atoms with Crippen LogP contribution in [0.25, 0.3) is 0 Å². The molecule has 1 N–H and O–H groups in total. The van der Waals surface area contributed by atoms with Crippen molar-refractivity contribution in [2.45, 2.75) is 19.8 Å². The van der Waals surface area contributed by atoms with Crippen molar-refractivity contribution in [2.75, 3.05) is 23.3 Å². The number of amides is 1. The lowest BCUT2D eigenvalue weighted by atomic mass is 9.98. The third-order valence-corrected chi connectivity index (χ3v) is 4.87. The van der Waals surface area contributed by atoms with Gasteiger partial charge in [-0.25, -0.2) is 4.98 Å². The number of anilines is 2. The maximum atomic E-state index is 12.4. The van der Waals surface area contributed by atoms with E-state index < -0.39 is 10.8 Å². The second-order valence-electron chi connectivity index (χ2n) is 6.43. The molecule has 1 aromatic heterocycles. The van der Waals surface area contributed by atoms with Crippen molar-refractivity contribution in [3.05, 3.63) is 57.4 Å². The molecule has 0 saturated carbocycles. The van der Waals surface area contributed by atoms with Crippen LogP contribution in [0.4, 0.5) is 17.1 Å². The number of hydrogen-bond acceptors (Lipinski definition) is 5. The Balaban J connectivity index is 1.85. The van der Waals surface area contributed by atoms with Gasteiger partial charge in [-0.3, -0.25) is 14.9 Å². The van der Waals surface area contributed by atoms with Gasteiger partial charge in [0, 0.05) is 30.9 Å². The third kappa shape index (κ3) is 3.94. The number of hydrogen-bond donors (Lipinski definition) is 1. The topological polar surface area (TPSA) is 88.4 Å². The van der Waals surface area contributed by atoms with Crippen molar-refractivity contribution in [3.8, 4) is 0 Å². The first-order valence-electron chi connectivity index (χ1n) is 8.41. The maximum Gasteiger partial charge on any atom is 0.293 e. The van der Waals surface area contributed by atoms with Crippen LogP contribution >= 0.6 is 11.6 Å². The molecule has 1 saturated heterocycles. The SMILES string of the molecule is CC1CCN(c2ccc(C(=O)Nc3cccnc3Cl)cc2[N+](=O)[O-])CC1. The molecule has 7 nitrogen and oxygen atoms in total. The molecule has 2 aromatic rings. The zero-order chi connectivity index (χ0) is 18.7. The Hall–Kier alpha value is -2.67. The molecule has 1 aliphatic rings. The Bertz CT molecular complexity index is 835. The van der Waals surface area contributed by atoms with Crippen LogP contribution in [0.3, 0.4) is 0 Å². The number of carbonyl (C=O) groups excluding carboxylic acids is 1. The van der Waals surface area contributed by atoms with Gasteiger partial charge in [0.1, 0.15) is 5.69 Å². The summed E-state index contributed by atoms with van der Waals surface area (Å²) in [4.78, 5) is 29.4. The number of nitro groups is 1. The van der Waals surface area contributed by atoms with Crippen molar-refractivity contribution in [1.82, 2.24) is 4.98 Å². The van der Waals surface area contributed by atoms with Crippen LogP contribution in [0.15, 0.2) is 36.5 Å². The number of nitrogens with zero attached hydrogens (tertiary/aromatic N) is 3. The second-order valence-corrected chi connectivity index (χ2v) is 6.78. The Morgan fingerprint density at radius 3 is 2.73 bits per heavy atom. The summed E-state index contributed by atoms with van der Waals surface area (Å²) in [5, 5.41) is 14.3. The molecule has 1 aliphatic heterocycles. The van der Waals surface area contributed by atoms with Crippen molar-refractivity contribution in [1.29, 1.82) is 0 Å². The highest BCUT2D eigenvalue weighted by Crippen LogP contribution is 2.32. The van der Waals surface area contributed by atoms with Gasteiger partial charge in [0.25, 0.3) is 11.6 Å². The molecule has 1 aromatic carbocycles. The van der Waals surface area contributed by atoms with E-state index in [0.717, 1.165) is 25.9 Å². The van der Waals surface area contributed by atoms with Crippen molar-refractivity contribution in [2.24, 2.45) is 5.92 Å². The van der Waals surface area contributed by atoms with E-state index in [4.69, 9.17) is 11.6 Å². The first-order chi connectivity index (χ1) is 12.5. The van der Waals surface area contributed by atoms with Crippen LogP contribution < -0.4 is 10.2 Å². The molecule has 2 heterocycles. The summed E-state index contributed by atoms with van der Waals surface area (Å²) < 4.78 is 0. The van der Waals surface area contributed by atoms with Gasteiger partial charge in [0.05, 0.1) is 10.6 Å². The molecule has 0 atom stereocenters. The van der Waals surface area contributed by atoms with Crippen molar-refractivity contribution >= 4 is 34.6 Å². The number of nitrogens with one attached hydrogen (secondary N) is 1. The number of carbonyl (C=O) groups is 1. The predicted octanol–water partition coefficient (Wildman–Crippen LogP) is 4.13. The summed E-state index contributed by atoms with van der Waals surface area (Å²) >= 11 is 5.94. The van der Waals surface area contributed by atoms with Gasteiger partial charge in [-0.15, -0.1) is 0 Å². The molecule has 8 heteroatoms. The summed E-state index contributed by atoms with van der Waals surface area (Å²) in [6.07, 6.45) is 3.51. The van der Waals surface area contributed by atoms with Gasteiger partial charge in [0.15, 0.2) is 5.15 Å². The highest BCUT2D eigenvalue weighted by atomic mass is 35.5. The highest BCUT2D eigenvalue weighted by molar-refractivity contribution is 6.32. The smallest absolute Gasteiger partial charge is 0.293 e. The molecule has 1 amide bonds. The minimum absolute atomic E-state index is 0.0653. The fourth-order valence-electron chi connectivity index (χ4n) is 3.00. The Morgan fingerprint density at radius 1 is 1.35 bits per heavy atom. The number of aromatic nitrogens is 1. The number of piperidine rings is 1. The van der Waals surface area contributed by atoms with Gasteiger partial charge < -0.3 is 10.2 Å². The molecule has 0 unspecified atom stereocenters.